The van der Waals surface area contributed by atoms with Crippen molar-refractivity contribution in [2.75, 3.05) is 45.3 Å². The lowest BCUT2D eigenvalue weighted by atomic mass is 10.1. The first-order valence-corrected chi connectivity index (χ1v) is 11.0. The van der Waals surface area contributed by atoms with Gasteiger partial charge in [-0.3, -0.25) is 4.79 Å². The Balaban J connectivity index is 1.47. The number of nitrogens with zero attached hydrogens (tertiary/aromatic N) is 6. The van der Waals surface area contributed by atoms with Gasteiger partial charge in [0.2, 0.25) is 5.95 Å². The van der Waals surface area contributed by atoms with Crippen LogP contribution < -0.4 is 9.64 Å². The van der Waals surface area contributed by atoms with Crippen LogP contribution in [0.2, 0.25) is 5.02 Å². The average Bonchev–Trinajstić information content (AvgIpc) is 3.27. The van der Waals surface area contributed by atoms with Gasteiger partial charge in [0.15, 0.2) is 11.5 Å². The van der Waals surface area contributed by atoms with Crippen LogP contribution in [-0.4, -0.2) is 70.8 Å². The molecule has 0 spiro atoms. The fourth-order valence-electron chi connectivity index (χ4n) is 4.18. The summed E-state index contributed by atoms with van der Waals surface area (Å²) in [6.07, 6.45) is 0. The van der Waals surface area contributed by atoms with Gasteiger partial charge in [-0.05, 0) is 30.3 Å². The molecular weight excluding hydrogens is 444 g/mol. The molecule has 2 aromatic carbocycles. The lowest BCUT2D eigenvalue weighted by Crippen LogP contribution is -2.49. The van der Waals surface area contributed by atoms with Crippen molar-refractivity contribution in [3.8, 4) is 5.75 Å². The van der Waals surface area contributed by atoms with Gasteiger partial charge in [0.1, 0.15) is 12.4 Å². The smallest absolute Gasteiger partial charge is 0.257 e. The molecule has 33 heavy (non-hydrogen) atoms. The molecule has 1 aliphatic rings. The molecule has 2 aromatic heterocycles. The van der Waals surface area contributed by atoms with Crippen LogP contribution in [0.4, 0.5) is 5.95 Å². The van der Waals surface area contributed by atoms with E-state index >= 15 is 0 Å². The normalized spacial score (nSPS) is 14.3. The molecule has 1 saturated heterocycles. The maximum atomic E-state index is 13.1. The quantitative estimate of drug-likeness (QED) is 0.447. The van der Waals surface area contributed by atoms with Crippen molar-refractivity contribution in [2.45, 2.75) is 6.61 Å². The number of anilines is 1. The molecule has 0 atom stereocenters. The molecule has 170 valence electrons. The van der Waals surface area contributed by atoms with Crippen molar-refractivity contribution in [2.24, 2.45) is 0 Å². The summed E-state index contributed by atoms with van der Waals surface area (Å²) in [7, 11) is 3.20. The molecule has 3 heterocycles. The number of aromatic nitrogens is 4. The number of hydrogen-bond donors (Lipinski definition) is 0. The SMILES string of the molecule is COCc1nnc2c3ccc(Cl)cc3nc(N3CCN(C(=O)c4ccccc4OC)CC3)n12. The van der Waals surface area contributed by atoms with Crippen molar-refractivity contribution >= 4 is 40.0 Å². The van der Waals surface area contributed by atoms with E-state index in [1.165, 1.54) is 0 Å². The molecule has 1 aliphatic heterocycles. The Kier molecular flexibility index (Phi) is 5.74. The fourth-order valence-corrected chi connectivity index (χ4v) is 4.35. The van der Waals surface area contributed by atoms with Crippen LogP contribution in [0.15, 0.2) is 42.5 Å². The summed E-state index contributed by atoms with van der Waals surface area (Å²) >= 11 is 6.23. The van der Waals surface area contributed by atoms with Crippen LogP contribution in [0.5, 0.6) is 5.75 Å². The number of amides is 1. The second kappa shape index (κ2) is 8.84. The highest BCUT2D eigenvalue weighted by molar-refractivity contribution is 6.31. The second-order valence-electron chi connectivity index (χ2n) is 7.76. The molecule has 0 unspecified atom stereocenters. The number of rotatable bonds is 5. The maximum absolute atomic E-state index is 13.1. The lowest BCUT2D eigenvalue weighted by molar-refractivity contribution is 0.0742. The average molecular weight is 467 g/mol. The van der Waals surface area contributed by atoms with Crippen LogP contribution in [-0.2, 0) is 11.3 Å². The Morgan fingerprint density at radius 1 is 1.06 bits per heavy atom. The van der Waals surface area contributed by atoms with E-state index in [0.717, 1.165) is 10.9 Å². The topological polar surface area (TPSA) is 85.1 Å². The highest BCUT2D eigenvalue weighted by Crippen LogP contribution is 2.28. The number of halogens is 1. The highest BCUT2D eigenvalue weighted by Gasteiger charge is 2.27. The second-order valence-corrected chi connectivity index (χ2v) is 8.20. The number of piperazine rings is 1. The van der Waals surface area contributed by atoms with E-state index in [1.807, 2.05) is 39.6 Å². The van der Waals surface area contributed by atoms with E-state index in [9.17, 15) is 4.79 Å². The summed E-state index contributed by atoms with van der Waals surface area (Å²) in [6.45, 7) is 2.63. The zero-order valence-electron chi connectivity index (χ0n) is 18.4. The van der Waals surface area contributed by atoms with Gasteiger partial charge in [-0.15, -0.1) is 10.2 Å². The van der Waals surface area contributed by atoms with Crippen LogP contribution in [0, 0.1) is 0 Å². The standard InChI is InChI=1S/C23H23ClN6O3/c1-32-14-20-26-27-21-16-8-7-15(24)13-18(16)25-23(30(20)21)29-11-9-28(10-12-29)22(31)17-5-3-4-6-19(17)33-2/h3-8,13H,9-12,14H2,1-2H3. The van der Waals surface area contributed by atoms with Crippen molar-refractivity contribution < 1.29 is 14.3 Å². The first-order valence-electron chi connectivity index (χ1n) is 10.6. The predicted octanol–water partition coefficient (Wildman–Crippen LogP) is 3.05. The zero-order valence-corrected chi connectivity index (χ0v) is 19.1. The van der Waals surface area contributed by atoms with E-state index in [-0.39, 0.29) is 5.91 Å². The lowest BCUT2D eigenvalue weighted by Gasteiger charge is -2.35. The molecule has 0 aliphatic carbocycles. The minimum absolute atomic E-state index is 0.0418. The first kappa shape index (κ1) is 21.4. The van der Waals surface area contributed by atoms with E-state index in [4.69, 9.17) is 26.1 Å². The molecule has 1 fully saturated rings. The van der Waals surface area contributed by atoms with E-state index in [1.54, 1.807) is 26.4 Å². The van der Waals surface area contributed by atoms with Gasteiger partial charge in [-0.2, -0.15) is 0 Å². The third kappa shape index (κ3) is 3.83. The van der Waals surface area contributed by atoms with Gasteiger partial charge in [0, 0.05) is 43.7 Å². The van der Waals surface area contributed by atoms with Gasteiger partial charge >= 0.3 is 0 Å². The van der Waals surface area contributed by atoms with Crippen LogP contribution in [0.25, 0.3) is 16.6 Å². The third-order valence-electron chi connectivity index (χ3n) is 5.81. The molecular formula is C23H23ClN6O3. The third-order valence-corrected chi connectivity index (χ3v) is 6.05. The Labute approximate surface area is 195 Å². The van der Waals surface area contributed by atoms with E-state index in [0.29, 0.717) is 66.5 Å². The molecule has 0 saturated carbocycles. The molecule has 0 radical (unpaired) electrons. The number of fused-ring (bicyclic) bond motifs is 3. The Morgan fingerprint density at radius 3 is 2.61 bits per heavy atom. The van der Waals surface area contributed by atoms with Gasteiger partial charge in [0.25, 0.3) is 5.91 Å². The number of methoxy groups -OCH3 is 2. The van der Waals surface area contributed by atoms with Crippen molar-refractivity contribution in [1.82, 2.24) is 24.5 Å². The summed E-state index contributed by atoms with van der Waals surface area (Å²) < 4.78 is 12.6. The number of benzene rings is 2. The van der Waals surface area contributed by atoms with Crippen molar-refractivity contribution in [3.05, 3.63) is 58.9 Å². The van der Waals surface area contributed by atoms with Crippen LogP contribution in [0.1, 0.15) is 16.2 Å². The Bertz CT molecular complexity index is 1330. The maximum Gasteiger partial charge on any atom is 0.257 e. The molecule has 5 rings (SSSR count). The minimum atomic E-state index is -0.0418. The molecule has 4 aromatic rings. The van der Waals surface area contributed by atoms with E-state index in [2.05, 4.69) is 15.1 Å². The van der Waals surface area contributed by atoms with Crippen molar-refractivity contribution in [3.63, 3.8) is 0 Å². The largest absolute Gasteiger partial charge is 0.496 e. The van der Waals surface area contributed by atoms with E-state index < -0.39 is 0 Å². The first-order chi connectivity index (χ1) is 16.1. The zero-order chi connectivity index (χ0) is 22.9. The highest BCUT2D eigenvalue weighted by atomic mass is 35.5. The monoisotopic (exact) mass is 466 g/mol. The number of carbonyl (C=O) groups excluding carboxylic acids is 1. The van der Waals surface area contributed by atoms with Crippen LogP contribution in [0.3, 0.4) is 0 Å². The molecule has 9 nitrogen and oxygen atoms in total. The number of hydrogen-bond acceptors (Lipinski definition) is 7. The Hall–Kier alpha value is -3.43. The fraction of sp³-hybridized carbons (Fsp3) is 0.304. The summed E-state index contributed by atoms with van der Waals surface area (Å²) in [5.74, 6) is 1.91. The molecule has 0 N–H and O–H groups in total. The number of ether oxygens (including phenoxy) is 2. The molecule has 10 heteroatoms. The van der Waals surface area contributed by atoms with Gasteiger partial charge in [-0.25, -0.2) is 9.38 Å². The number of carbonyl (C=O) groups is 1. The minimum Gasteiger partial charge on any atom is -0.496 e. The predicted molar refractivity (Wildman–Crippen MR) is 125 cm³/mol. The van der Waals surface area contributed by atoms with Gasteiger partial charge in [-0.1, -0.05) is 23.7 Å². The van der Waals surface area contributed by atoms with Gasteiger partial charge in [0.05, 0.1) is 18.2 Å². The molecule has 1 amide bonds. The summed E-state index contributed by atoms with van der Waals surface area (Å²) in [5.41, 5.74) is 2.01. The Morgan fingerprint density at radius 2 is 1.85 bits per heavy atom. The van der Waals surface area contributed by atoms with Crippen molar-refractivity contribution in [1.29, 1.82) is 0 Å². The summed E-state index contributed by atoms with van der Waals surface area (Å²) in [5, 5.41) is 10.2. The number of para-hydroxylation sites is 1. The summed E-state index contributed by atoms with van der Waals surface area (Å²) in [4.78, 5) is 22.0. The van der Waals surface area contributed by atoms with Gasteiger partial charge < -0.3 is 19.3 Å². The molecule has 0 bridgehead atoms. The summed E-state index contributed by atoms with van der Waals surface area (Å²) in [6, 6.07) is 12.8. The van der Waals surface area contributed by atoms with Crippen LogP contribution >= 0.6 is 11.6 Å².